The summed E-state index contributed by atoms with van der Waals surface area (Å²) in [6.45, 7) is 6.35. The molecule has 4 nitrogen and oxygen atoms in total. The Kier molecular flexibility index (Phi) is 4.49. The van der Waals surface area contributed by atoms with Crippen LogP contribution >= 0.6 is 15.9 Å². The second-order valence-corrected chi connectivity index (χ2v) is 6.83. The van der Waals surface area contributed by atoms with Crippen LogP contribution in [0.4, 0.5) is 18.0 Å². The van der Waals surface area contributed by atoms with Crippen molar-refractivity contribution in [1.82, 2.24) is 10.2 Å². The molecule has 0 aromatic carbocycles. The van der Waals surface area contributed by atoms with Crippen molar-refractivity contribution < 1.29 is 22.8 Å². The molecule has 1 saturated heterocycles. The fourth-order valence-electron chi connectivity index (χ4n) is 1.83. The lowest BCUT2D eigenvalue weighted by Crippen LogP contribution is -2.56. The molecule has 3 amide bonds. The van der Waals surface area contributed by atoms with Gasteiger partial charge in [-0.2, -0.15) is 13.2 Å². The average molecular weight is 359 g/mol. The predicted octanol–water partition coefficient (Wildman–Crippen LogP) is 2.92. The molecule has 2 unspecified atom stereocenters. The highest BCUT2D eigenvalue weighted by atomic mass is 79.9. The first-order chi connectivity index (χ1) is 8.84. The van der Waals surface area contributed by atoms with Crippen molar-refractivity contribution in [2.75, 3.05) is 11.9 Å². The molecule has 0 aromatic heterocycles. The molecule has 1 rings (SSSR count). The van der Waals surface area contributed by atoms with E-state index in [1.54, 1.807) is 5.32 Å². The van der Waals surface area contributed by atoms with E-state index >= 15 is 0 Å². The van der Waals surface area contributed by atoms with Crippen LogP contribution in [0.2, 0.25) is 0 Å². The van der Waals surface area contributed by atoms with Gasteiger partial charge in [-0.3, -0.25) is 9.69 Å². The van der Waals surface area contributed by atoms with E-state index in [2.05, 4.69) is 15.9 Å². The number of nitrogens with one attached hydrogen (secondary N) is 1. The van der Waals surface area contributed by atoms with E-state index in [0.717, 1.165) is 0 Å². The quantitative estimate of drug-likeness (QED) is 0.622. The average Bonchev–Trinajstić information content (AvgIpc) is 2.46. The van der Waals surface area contributed by atoms with Crippen LogP contribution in [0.5, 0.6) is 0 Å². The smallest absolute Gasteiger partial charge is 0.316 e. The summed E-state index contributed by atoms with van der Waals surface area (Å²) in [6, 6.07) is -0.995. The number of imide groups is 1. The summed E-state index contributed by atoms with van der Waals surface area (Å²) in [7, 11) is 0. The second kappa shape index (κ2) is 5.20. The van der Waals surface area contributed by atoms with Gasteiger partial charge < -0.3 is 5.32 Å². The number of alkyl halides is 4. The molecule has 8 heteroatoms. The van der Waals surface area contributed by atoms with E-state index in [4.69, 9.17) is 0 Å². The molecule has 0 bridgehead atoms. The number of hydrogen-bond acceptors (Lipinski definition) is 2. The molecule has 0 saturated carbocycles. The van der Waals surface area contributed by atoms with E-state index in [0.29, 0.717) is 17.2 Å². The summed E-state index contributed by atoms with van der Waals surface area (Å²) in [5, 5.41) is 2.23. The summed E-state index contributed by atoms with van der Waals surface area (Å²) in [4.78, 5) is 24.3. The molecule has 2 atom stereocenters. The maximum Gasteiger partial charge on any atom is 0.420 e. The number of nitrogens with zero attached hydrogens (tertiary/aromatic N) is 1. The van der Waals surface area contributed by atoms with Gasteiger partial charge in [-0.1, -0.05) is 36.7 Å². The number of hydrogen-bond donors (Lipinski definition) is 1. The van der Waals surface area contributed by atoms with Gasteiger partial charge in [0.25, 0.3) is 5.91 Å². The highest BCUT2D eigenvalue weighted by Crippen LogP contribution is 2.37. The zero-order valence-corrected chi connectivity index (χ0v) is 13.4. The van der Waals surface area contributed by atoms with Gasteiger partial charge in [0.1, 0.15) is 0 Å². The first kappa shape index (κ1) is 17.3. The van der Waals surface area contributed by atoms with Crippen molar-refractivity contribution in [2.24, 2.45) is 11.3 Å². The maximum atomic E-state index is 12.9. The lowest BCUT2D eigenvalue weighted by Gasteiger charge is -2.32. The van der Waals surface area contributed by atoms with Gasteiger partial charge in [0, 0.05) is 11.9 Å². The van der Waals surface area contributed by atoms with Gasteiger partial charge in [0.05, 0.1) is 0 Å². The van der Waals surface area contributed by atoms with Crippen molar-refractivity contribution >= 4 is 27.9 Å². The van der Waals surface area contributed by atoms with Crippen LogP contribution in [0.15, 0.2) is 0 Å². The molecule has 1 fully saturated rings. The van der Waals surface area contributed by atoms with Crippen molar-refractivity contribution in [1.29, 1.82) is 0 Å². The number of rotatable bonds is 3. The SMILES string of the molecule is CC(C)(C)C(CBr)CN1C(=O)NC(C)(C(F)(F)F)C1=O. The third-order valence-electron chi connectivity index (χ3n) is 3.66. The molecule has 0 aromatic rings. The molecular weight excluding hydrogens is 341 g/mol. The number of carbonyl (C=O) groups is 2. The first-order valence-corrected chi connectivity index (χ1v) is 7.23. The van der Waals surface area contributed by atoms with E-state index in [9.17, 15) is 22.8 Å². The summed E-state index contributed by atoms with van der Waals surface area (Å²) >= 11 is 3.27. The van der Waals surface area contributed by atoms with Crippen molar-refractivity contribution in [2.45, 2.75) is 39.4 Å². The van der Waals surface area contributed by atoms with Gasteiger partial charge >= 0.3 is 12.2 Å². The molecule has 0 spiro atoms. The van der Waals surface area contributed by atoms with E-state index < -0.39 is 23.7 Å². The van der Waals surface area contributed by atoms with Crippen LogP contribution in [0.25, 0.3) is 0 Å². The van der Waals surface area contributed by atoms with Gasteiger partial charge in [0.2, 0.25) is 5.54 Å². The van der Waals surface area contributed by atoms with Gasteiger partial charge in [-0.05, 0) is 18.3 Å². The Balaban J connectivity index is 3.00. The number of urea groups is 1. The van der Waals surface area contributed by atoms with Crippen LogP contribution in [0.3, 0.4) is 0 Å². The van der Waals surface area contributed by atoms with Crippen LogP contribution in [0.1, 0.15) is 27.7 Å². The molecule has 1 N–H and O–H groups in total. The minimum atomic E-state index is -4.82. The summed E-state index contributed by atoms with van der Waals surface area (Å²) in [5.41, 5.74) is -3.08. The molecule has 1 aliphatic heterocycles. The number of carbonyl (C=O) groups excluding carboxylic acids is 2. The van der Waals surface area contributed by atoms with Gasteiger partial charge in [0.15, 0.2) is 0 Å². The van der Waals surface area contributed by atoms with Crippen molar-refractivity contribution in [3.63, 3.8) is 0 Å². The summed E-state index contributed by atoms with van der Waals surface area (Å²) in [6.07, 6.45) is -4.82. The van der Waals surface area contributed by atoms with Crippen LogP contribution in [-0.4, -0.2) is 40.4 Å². The zero-order chi connectivity index (χ0) is 15.9. The van der Waals surface area contributed by atoms with Crippen LogP contribution in [0, 0.1) is 11.3 Å². The molecule has 1 heterocycles. The number of amides is 3. The second-order valence-electron chi connectivity index (χ2n) is 6.19. The monoisotopic (exact) mass is 358 g/mol. The Morgan fingerprint density at radius 2 is 1.80 bits per heavy atom. The zero-order valence-electron chi connectivity index (χ0n) is 11.8. The molecule has 20 heavy (non-hydrogen) atoms. The third-order valence-corrected chi connectivity index (χ3v) is 4.44. The Labute approximate surface area is 124 Å². The highest BCUT2D eigenvalue weighted by Gasteiger charge is 2.64. The Bertz CT molecular complexity index is 420. The van der Waals surface area contributed by atoms with Crippen LogP contribution < -0.4 is 5.32 Å². The van der Waals surface area contributed by atoms with E-state index in [1.807, 2.05) is 20.8 Å². The topological polar surface area (TPSA) is 49.4 Å². The Morgan fingerprint density at radius 1 is 1.30 bits per heavy atom. The normalized spacial score (nSPS) is 25.9. The third kappa shape index (κ3) is 2.94. The molecule has 1 aliphatic rings. The molecular formula is C12H18BrF3N2O2. The Morgan fingerprint density at radius 3 is 2.10 bits per heavy atom. The minimum Gasteiger partial charge on any atom is -0.316 e. The fourth-order valence-corrected chi connectivity index (χ4v) is 3.01. The van der Waals surface area contributed by atoms with Crippen molar-refractivity contribution in [3.8, 4) is 0 Å². The summed E-state index contributed by atoms with van der Waals surface area (Å²) < 4.78 is 38.8. The van der Waals surface area contributed by atoms with Gasteiger partial charge in [-0.25, -0.2) is 4.79 Å². The molecule has 0 aliphatic carbocycles. The first-order valence-electron chi connectivity index (χ1n) is 6.11. The van der Waals surface area contributed by atoms with Crippen molar-refractivity contribution in [3.05, 3.63) is 0 Å². The number of halogens is 4. The van der Waals surface area contributed by atoms with Crippen LogP contribution in [-0.2, 0) is 4.79 Å². The lowest BCUT2D eigenvalue weighted by molar-refractivity contribution is -0.191. The van der Waals surface area contributed by atoms with E-state index in [-0.39, 0.29) is 17.9 Å². The molecule has 0 radical (unpaired) electrons. The lowest BCUT2D eigenvalue weighted by atomic mass is 9.81. The Hall–Kier alpha value is -0.790. The van der Waals surface area contributed by atoms with E-state index in [1.165, 1.54) is 0 Å². The highest BCUT2D eigenvalue weighted by molar-refractivity contribution is 9.09. The predicted molar refractivity (Wildman–Crippen MR) is 71.4 cm³/mol. The largest absolute Gasteiger partial charge is 0.420 e. The standard InChI is InChI=1S/C12H18BrF3N2O2/c1-10(2,3)7(5-13)6-18-8(19)11(4,12(14,15)16)17-9(18)20/h7H,5-6H2,1-4H3,(H,17,20). The summed E-state index contributed by atoms with van der Waals surface area (Å²) in [5.74, 6) is -1.39. The minimum absolute atomic E-state index is 0.0505. The maximum absolute atomic E-state index is 12.9. The molecule has 116 valence electrons. The van der Waals surface area contributed by atoms with Gasteiger partial charge in [-0.15, -0.1) is 0 Å². The fraction of sp³-hybridized carbons (Fsp3) is 0.833.